The van der Waals surface area contributed by atoms with Gasteiger partial charge in [-0.3, -0.25) is 4.98 Å². The van der Waals surface area contributed by atoms with Crippen molar-refractivity contribution in [3.8, 4) is 18.1 Å². The van der Waals surface area contributed by atoms with Crippen LogP contribution in [0.25, 0.3) is 10.9 Å². The molecule has 0 aliphatic rings. The van der Waals surface area contributed by atoms with Gasteiger partial charge in [0.2, 0.25) is 0 Å². The topological polar surface area (TPSA) is 22.1 Å². The number of hydrogen-bond donors (Lipinski definition) is 0. The zero-order valence-electron chi connectivity index (χ0n) is 8.47. The molecule has 0 radical (unpaired) electrons. The van der Waals surface area contributed by atoms with E-state index >= 15 is 0 Å². The molecule has 2 aromatic rings. The monoisotopic (exact) mass is 197 g/mol. The number of ether oxygens (including phenoxy) is 1. The van der Waals surface area contributed by atoms with Crippen molar-refractivity contribution < 1.29 is 4.74 Å². The van der Waals surface area contributed by atoms with Crippen LogP contribution in [-0.2, 0) is 0 Å². The SMILES string of the molecule is C#CC(C)Oc1cccc2ncccc12. The highest BCUT2D eigenvalue weighted by molar-refractivity contribution is 5.84. The van der Waals surface area contributed by atoms with E-state index in [1.165, 1.54) is 0 Å². The quantitative estimate of drug-likeness (QED) is 0.690. The Labute approximate surface area is 88.9 Å². The maximum atomic E-state index is 5.60. The summed E-state index contributed by atoms with van der Waals surface area (Å²) in [6.07, 6.45) is 6.81. The highest BCUT2D eigenvalue weighted by Gasteiger charge is 2.04. The lowest BCUT2D eigenvalue weighted by Crippen LogP contribution is -2.08. The number of rotatable bonds is 2. The summed E-state index contributed by atoms with van der Waals surface area (Å²) in [6, 6.07) is 9.62. The van der Waals surface area contributed by atoms with Gasteiger partial charge in [-0.25, -0.2) is 0 Å². The first kappa shape index (κ1) is 9.54. The Hall–Kier alpha value is -2.01. The molecule has 0 fully saturated rings. The molecule has 0 aliphatic heterocycles. The largest absolute Gasteiger partial charge is 0.477 e. The number of fused-ring (bicyclic) bond motifs is 1. The van der Waals surface area contributed by atoms with Gasteiger partial charge in [0.1, 0.15) is 5.75 Å². The van der Waals surface area contributed by atoms with E-state index in [-0.39, 0.29) is 6.10 Å². The Bertz CT molecular complexity index is 508. The molecular weight excluding hydrogens is 186 g/mol. The van der Waals surface area contributed by atoms with Crippen LogP contribution < -0.4 is 4.74 Å². The van der Waals surface area contributed by atoms with Crippen LogP contribution in [0.15, 0.2) is 36.5 Å². The van der Waals surface area contributed by atoms with Crippen LogP contribution in [0, 0.1) is 12.3 Å². The normalized spacial score (nSPS) is 12.0. The van der Waals surface area contributed by atoms with E-state index in [2.05, 4.69) is 10.9 Å². The lowest BCUT2D eigenvalue weighted by molar-refractivity contribution is 0.282. The van der Waals surface area contributed by atoms with E-state index in [0.29, 0.717) is 0 Å². The first-order chi connectivity index (χ1) is 7.31. The van der Waals surface area contributed by atoms with Crippen molar-refractivity contribution >= 4 is 10.9 Å². The maximum absolute atomic E-state index is 5.60. The summed E-state index contributed by atoms with van der Waals surface area (Å²) in [5.41, 5.74) is 0.916. The Kier molecular flexibility index (Phi) is 2.55. The second-order valence-corrected chi connectivity index (χ2v) is 3.25. The number of terminal acetylenes is 1. The van der Waals surface area contributed by atoms with Crippen molar-refractivity contribution in [2.24, 2.45) is 0 Å². The molecule has 0 spiro atoms. The van der Waals surface area contributed by atoms with Gasteiger partial charge in [-0.2, -0.15) is 0 Å². The zero-order chi connectivity index (χ0) is 10.7. The molecule has 0 amide bonds. The molecule has 0 saturated heterocycles. The van der Waals surface area contributed by atoms with Crippen molar-refractivity contribution in [1.29, 1.82) is 0 Å². The zero-order valence-corrected chi connectivity index (χ0v) is 8.47. The van der Waals surface area contributed by atoms with Crippen LogP contribution in [0.5, 0.6) is 5.75 Å². The Morgan fingerprint density at radius 1 is 1.33 bits per heavy atom. The predicted octanol–water partition coefficient (Wildman–Crippen LogP) is 2.64. The Morgan fingerprint density at radius 3 is 3.00 bits per heavy atom. The van der Waals surface area contributed by atoms with Crippen LogP contribution in [0.1, 0.15) is 6.92 Å². The minimum atomic E-state index is -0.226. The van der Waals surface area contributed by atoms with E-state index in [1.54, 1.807) is 6.20 Å². The highest BCUT2D eigenvalue weighted by atomic mass is 16.5. The minimum Gasteiger partial charge on any atom is -0.477 e. The molecule has 74 valence electrons. The standard InChI is InChI=1S/C13H11NO/c1-3-10(2)15-13-8-4-7-12-11(13)6-5-9-14-12/h1,4-10H,2H3. The highest BCUT2D eigenvalue weighted by Crippen LogP contribution is 2.24. The van der Waals surface area contributed by atoms with Gasteiger partial charge >= 0.3 is 0 Å². The van der Waals surface area contributed by atoms with Crippen LogP contribution in [0.4, 0.5) is 0 Å². The molecule has 1 aromatic carbocycles. The Balaban J connectivity index is 2.48. The molecule has 0 saturated carbocycles. The fourth-order valence-corrected chi connectivity index (χ4v) is 1.40. The molecule has 1 atom stereocenters. The van der Waals surface area contributed by atoms with Crippen molar-refractivity contribution in [2.45, 2.75) is 13.0 Å². The molecule has 0 aliphatic carbocycles. The third kappa shape index (κ3) is 1.92. The summed E-state index contributed by atoms with van der Waals surface area (Å²) in [4.78, 5) is 4.24. The van der Waals surface area contributed by atoms with Crippen LogP contribution in [-0.4, -0.2) is 11.1 Å². The van der Waals surface area contributed by atoms with Crippen LogP contribution in [0.2, 0.25) is 0 Å². The third-order valence-corrected chi connectivity index (χ3v) is 2.14. The number of hydrogen-bond acceptors (Lipinski definition) is 2. The minimum absolute atomic E-state index is 0.226. The predicted molar refractivity (Wildman–Crippen MR) is 60.7 cm³/mol. The maximum Gasteiger partial charge on any atom is 0.156 e. The van der Waals surface area contributed by atoms with Crippen LogP contribution >= 0.6 is 0 Å². The van der Waals surface area contributed by atoms with Crippen molar-refractivity contribution in [3.05, 3.63) is 36.5 Å². The smallest absolute Gasteiger partial charge is 0.156 e. The molecule has 1 unspecified atom stereocenters. The molecule has 1 aromatic heterocycles. The number of benzene rings is 1. The molecule has 2 rings (SSSR count). The molecule has 1 heterocycles. The summed E-state index contributed by atoms with van der Waals surface area (Å²) in [6.45, 7) is 1.84. The third-order valence-electron chi connectivity index (χ3n) is 2.14. The van der Waals surface area contributed by atoms with E-state index in [4.69, 9.17) is 11.2 Å². The molecule has 15 heavy (non-hydrogen) atoms. The molecule has 2 nitrogen and oxygen atoms in total. The van der Waals surface area contributed by atoms with E-state index < -0.39 is 0 Å². The summed E-state index contributed by atoms with van der Waals surface area (Å²) >= 11 is 0. The number of nitrogens with zero attached hydrogens (tertiary/aromatic N) is 1. The first-order valence-corrected chi connectivity index (χ1v) is 4.78. The fraction of sp³-hybridized carbons (Fsp3) is 0.154. The van der Waals surface area contributed by atoms with Gasteiger partial charge in [0.05, 0.1) is 5.52 Å². The van der Waals surface area contributed by atoms with Crippen molar-refractivity contribution in [2.75, 3.05) is 0 Å². The second kappa shape index (κ2) is 4.02. The summed E-state index contributed by atoms with van der Waals surface area (Å²) < 4.78 is 5.60. The Morgan fingerprint density at radius 2 is 2.20 bits per heavy atom. The van der Waals surface area contributed by atoms with Crippen molar-refractivity contribution in [1.82, 2.24) is 4.98 Å². The van der Waals surface area contributed by atoms with Gasteiger partial charge in [-0.15, -0.1) is 6.42 Å². The fourth-order valence-electron chi connectivity index (χ4n) is 1.40. The average molecular weight is 197 g/mol. The van der Waals surface area contributed by atoms with Gasteiger partial charge in [0, 0.05) is 11.6 Å². The van der Waals surface area contributed by atoms with Crippen molar-refractivity contribution in [3.63, 3.8) is 0 Å². The number of pyridine rings is 1. The van der Waals surface area contributed by atoms with Crippen LogP contribution in [0.3, 0.4) is 0 Å². The van der Waals surface area contributed by atoms with Gasteiger partial charge in [-0.1, -0.05) is 12.0 Å². The van der Waals surface area contributed by atoms with Gasteiger partial charge in [0.25, 0.3) is 0 Å². The first-order valence-electron chi connectivity index (χ1n) is 4.78. The molecular formula is C13H11NO. The van der Waals surface area contributed by atoms with Gasteiger partial charge < -0.3 is 4.74 Å². The lowest BCUT2D eigenvalue weighted by Gasteiger charge is -2.10. The molecule has 0 N–H and O–H groups in total. The van der Waals surface area contributed by atoms with E-state index in [9.17, 15) is 0 Å². The summed E-state index contributed by atoms with van der Waals surface area (Å²) in [5.74, 6) is 3.32. The van der Waals surface area contributed by atoms with E-state index in [1.807, 2.05) is 37.3 Å². The van der Waals surface area contributed by atoms with Gasteiger partial charge in [-0.05, 0) is 31.2 Å². The summed E-state index contributed by atoms with van der Waals surface area (Å²) in [7, 11) is 0. The average Bonchev–Trinajstić information content (AvgIpc) is 2.29. The second-order valence-electron chi connectivity index (χ2n) is 3.25. The number of aromatic nitrogens is 1. The molecule has 0 bridgehead atoms. The van der Waals surface area contributed by atoms with Gasteiger partial charge in [0.15, 0.2) is 6.10 Å². The van der Waals surface area contributed by atoms with E-state index in [0.717, 1.165) is 16.7 Å². The molecule has 2 heteroatoms. The lowest BCUT2D eigenvalue weighted by atomic mass is 10.2. The summed E-state index contributed by atoms with van der Waals surface area (Å²) in [5, 5.41) is 0.988.